The van der Waals surface area contributed by atoms with E-state index in [-0.39, 0.29) is 11.9 Å². The molecule has 1 amide bonds. The van der Waals surface area contributed by atoms with Crippen LogP contribution in [0.1, 0.15) is 22.5 Å². The van der Waals surface area contributed by atoms with E-state index in [0.29, 0.717) is 5.76 Å². The van der Waals surface area contributed by atoms with Gasteiger partial charge in [-0.3, -0.25) is 4.79 Å². The van der Waals surface area contributed by atoms with Crippen LogP contribution in [0.25, 0.3) is 21.7 Å². The van der Waals surface area contributed by atoms with Gasteiger partial charge in [-0.1, -0.05) is 36.4 Å². The van der Waals surface area contributed by atoms with Gasteiger partial charge >= 0.3 is 0 Å². The molecular formula is C18H18N2O2. The van der Waals surface area contributed by atoms with Crippen molar-refractivity contribution in [3.63, 3.8) is 0 Å². The summed E-state index contributed by atoms with van der Waals surface area (Å²) in [5.74, 6) is 0.310. The molecule has 1 aliphatic rings. The molecule has 112 valence electrons. The molecule has 4 heteroatoms. The third kappa shape index (κ3) is 2.07. The van der Waals surface area contributed by atoms with Gasteiger partial charge in [0.2, 0.25) is 0 Å². The van der Waals surface area contributed by atoms with Crippen LogP contribution >= 0.6 is 0 Å². The van der Waals surface area contributed by atoms with Crippen molar-refractivity contribution in [1.29, 1.82) is 0 Å². The third-order valence-electron chi connectivity index (χ3n) is 4.43. The highest BCUT2D eigenvalue weighted by Crippen LogP contribution is 2.31. The number of carbonyl (C=O) groups is 1. The van der Waals surface area contributed by atoms with E-state index in [9.17, 15) is 4.79 Å². The maximum atomic E-state index is 12.5. The van der Waals surface area contributed by atoms with Gasteiger partial charge in [0, 0.05) is 28.9 Å². The zero-order valence-electron chi connectivity index (χ0n) is 12.5. The Morgan fingerprint density at radius 1 is 1.23 bits per heavy atom. The van der Waals surface area contributed by atoms with E-state index in [1.54, 1.807) is 0 Å². The van der Waals surface area contributed by atoms with Crippen LogP contribution in [0.3, 0.4) is 0 Å². The Labute approximate surface area is 128 Å². The molecule has 1 unspecified atom stereocenters. The predicted molar refractivity (Wildman–Crippen MR) is 87.2 cm³/mol. The number of carbonyl (C=O) groups excluding carboxylic acids is 1. The van der Waals surface area contributed by atoms with E-state index in [2.05, 4.69) is 22.8 Å². The van der Waals surface area contributed by atoms with Gasteiger partial charge in [0.25, 0.3) is 5.91 Å². The van der Waals surface area contributed by atoms with Crippen molar-refractivity contribution < 1.29 is 9.21 Å². The van der Waals surface area contributed by atoms with Gasteiger partial charge in [0.1, 0.15) is 5.58 Å². The largest absolute Gasteiger partial charge is 0.450 e. The third-order valence-corrected chi connectivity index (χ3v) is 4.43. The lowest BCUT2D eigenvalue weighted by Gasteiger charge is -2.09. The normalized spacial score (nSPS) is 18.1. The number of hydrogen-bond acceptors (Lipinski definition) is 3. The number of furan rings is 1. The summed E-state index contributed by atoms with van der Waals surface area (Å²) in [5, 5.41) is 9.47. The van der Waals surface area contributed by atoms with Gasteiger partial charge in [0.05, 0.1) is 0 Å². The lowest BCUT2D eigenvalue weighted by Crippen LogP contribution is -2.36. The van der Waals surface area contributed by atoms with Gasteiger partial charge in [0.15, 0.2) is 5.76 Å². The van der Waals surface area contributed by atoms with Gasteiger partial charge in [-0.2, -0.15) is 0 Å². The first-order valence-corrected chi connectivity index (χ1v) is 7.66. The zero-order valence-corrected chi connectivity index (χ0v) is 12.5. The fourth-order valence-corrected chi connectivity index (χ4v) is 3.19. The quantitative estimate of drug-likeness (QED) is 0.764. The Hall–Kier alpha value is -2.33. The van der Waals surface area contributed by atoms with Crippen molar-refractivity contribution >= 4 is 27.6 Å². The first kappa shape index (κ1) is 13.3. The van der Waals surface area contributed by atoms with Crippen LogP contribution in [0.2, 0.25) is 0 Å². The number of aryl methyl sites for hydroxylation is 1. The van der Waals surface area contributed by atoms with Crippen molar-refractivity contribution in [2.24, 2.45) is 0 Å². The van der Waals surface area contributed by atoms with Crippen LogP contribution in [0.5, 0.6) is 0 Å². The lowest BCUT2D eigenvalue weighted by atomic mass is 10.1. The monoisotopic (exact) mass is 294 g/mol. The molecule has 1 aliphatic heterocycles. The maximum Gasteiger partial charge on any atom is 0.287 e. The van der Waals surface area contributed by atoms with Crippen molar-refractivity contribution in [2.45, 2.75) is 19.4 Å². The minimum atomic E-state index is -0.119. The first-order valence-electron chi connectivity index (χ1n) is 7.66. The lowest BCUT2D eigenvalue weighted by molar-refractivity contribution is 0.0913. The Balaban J connectivity index is 1.79. The molecule has 0 aliphatic carbocycles. The minimum Gasteiger partial charge on any atom is -0.450 e. The summed E-state index contributed by atoms with van der Waals surface area (Å²) in [5.41, 5.74) is 1.70. The highest BCUT2D eigenvalue weighted by atomic mass is 16.3. The molecule has 0 saturated carbocycles. The van der Waals surface area contributed by atoms with Crippen LogP contribution in [0, 0.1) is 6.92 Å². The number of benzene rings is 2. The number of fused-ring (bicyclic) bond motifs is 3. The molecule has 0 radical (unpaired) electrons. The van der Waals surface area contributed by atoms with Crippen molar-refractivity contribution in [2.75, 3.05) is 13.1 Å². The Kier molecular flexibility index (Phi) is 3.12. The maximum absolute atomic E-state index is 12.5. The highest BCUT2D eigenvalue weighted by Gasteiger charge is 2.23. The molecule has 1 aromatic heterocycles. The molecule has 0 bridgehead atoms. The minimum absolute atomic E-state index is 0.119. The zero-order chi connectivity index (χ0) is 15.1. The summed E-state index contributed by atoms with van der Waals surface area (Å²) in [6, 6.07) is 12.4. The van der Waals surface area contributed by atoms with Gasteiger partial charge < -0.3 is 15.1 Å². The van der Waals surface area contributed by atoms with Gasteiger partial charge in [-0.15, -0.1) is 0 Å². The van der Waals surface area contributed by atoms with E-state index in [4.69, 9.17) is 4.42 Å². The molecule has 4 rings (SSSR count). The van der Waals surface area contributed by atoms with E-state index >= 15 is 0 Å². The van der Waals surface area contributed by atoms with Crippen LogP contribution in [0.15, 0.2) is 40.8 Å². The molecule has 1 atom stereocenters. The first-order chi connectivity index (χ1) is 10.7. The van der Waals surface area contributed by atoms with Crippen molar-refractivity contribution in [1.82, 2.24) is 10.6 Å². The van der Waals surface area contributed by atoms with E-state index in [0.717, 1.165) is 46.8 Å². The smallest absolute Gasteiger partial charge is 0.287 e. The number of rotatable bonds is 2. The number of amides is 1. The average Bonchev–Trinajstić information content (AvgIpc) is 3.15. The summed E-state index contributed by atoms with van der Waals surface area (Å²) < 4.78 is 5.95. The second kappa shape index (κ2) is 5.14. The molecule has 0 spiro atoms. The average molecular weight is 294 g/mol. The standard InChI is InChI=1S/C18H18N2O2/c1-11-14-7-6-12-4-2-3-5-15(12)17(14)22-16(11)18(21)20-13-8-9-19-10-13/h2-7,13,19H,8-10H2,1H3,(H,20,21). The molecule has 3 aromatic rings. The van der Waals surface area contributed by atoms with Crippen LogP contribution in [0.4, 0.5) is 0 Å². The second-order valence-corrected chi connectivity index (χ2v) is 5.88. The van der Waals surface area contributed by atoms with Gasteiger partial charge in [-0.25, -0.2) is 0 Å². The fraction of sp³-hybridized carbons (Fsp3) is 0.278. The van der Waals surface area contributed by atoms with E-state index in [1.807, 2.05) is 31.2 Å². The molecule has 2 aromatic carbocycles. The second-order valence-electron chi connectivity index (χ2n) is 5.88. The van der Waals surface area contributed by atoms with E-state index < -0.39 is 0 Å². The molecule has 22 heavy (non-hydrogen) atoms. The summed E-state index contributed by atoms with van der Waals surface area (Å²) in [7, 11) is 0. The van der Waals surface area contributed by atoms with Crippen LogP contribution in [-0.2, 0) is 0 Å². The molecule has 1 saturated heterocycles. The van der Waals surface area contributed by atoms with Crippen LogP contribution < -0.4 is 10.6 Å². The summed E-state index contributed by atoms with van der Waals surface area (Å²) >= 11 is 0. The molecule has 2 N–H and O–H groups in total. The number of nitrogens with one attached hydrogen (secondary N) is 2. The summed E-state index contributed by atoms with van der Waals surface area (Å²) in [6.45, 7) is 3.73. The topological polar surface area (TPSA) is 54.3 Å². The Bertz CT molecular complexity index is 860. The van der Waals surface area contributed by atoms with Crippen molar-refractivity contribution in [3.05, 3.63) is 47.7 Å². The molecule has 2 heterocycles. The molecule has 4 nitrogen and oxygen atoms in total. The number of hydrogen-bond donors (Lipinski definition) is 2. The fourth-order valence-electron chi connectivity index (χ4n) is 3.19. The van der Waals surface area contributed by atoms with Crippen molar-refractivity contribution in [3.8, 4) is 0 Å². The van der Waals surface area contributed by atoms with Crippen LogP contribution in [-0.4, -0.2) is 25.0 Å². The SMILES string of the molecule is Cc1c(C(=O)NC2CCNC2)oc2c1ccc1ccccc12. The highest BCUT2D eigenvalue weighted by molar-refractivity contribution is 6.08. The Morgan fingerprint density at radius 2 is 2.09 bits per heavy atom. The summed E-state index contributed by atoms with van der Waals surface area (Å²) in [4.78, 5) is 12.5. The molecular weight excluding hydrogens is 276 g/mol. The van der Waals surface area contributed by atoms with Gasteiger partial charge in [-0.05, 0) is 25.3 Å². The predicted octanol–water partition coefficient (Wildman–Crippen LogP) is 2.99. The Morgan fingerprint density at radius 3 is 2.91 bits per heavy atom. The van der Waals surface area contributed by atoms with E-state index in [1.165, 1.54) is 0 Å². The summed E-state index contributed by atoms with van der Waals surface area (Å²) in [6.07, 6.45) is 0.966. The molecule has 1 fully saturated rings.